The monoisotopic (exact) mass is 283 g/mol. The normalized spacial score (nSPS) is 10.8. The quantitative estimate of drug-likeness (QED) is 0.734. The maximum atomic E-state index is 14.1. The van der Waals surface area contributed by atoms with E-state index in [0.717, 1.165) is 16.7 Å². The second-order valence-electron chi connectivity index (χ2n) is 4.89. The second kappa shape index (κ2) is 4.97. The summed E-state index contributed by atoms with van der Waals surface area (Å²) in [6, 6.07) is 10.4. The van der Waals surface area contributed by atoms with Crippen LogP contribution in [0.4, 0.5) is 10.1 Å². The van der Waals surface area contributed by atoms with Crippen LogP contribution in [-0.4, -0.2) is 20.2 Å². The molecule has 3 aromatic rings. The maximum Gasteiger partial charge on any atom is 0.187 e. The van der Waals surface area contributed by atoms with Crippen molar-refractivity contribution in [1.82, 2.24) is 20.2 Å². The molecule has 0 amide bonds. The predicted octanol–water partition coefficient (Wildman–Crippen LogP) is 2.67. The third-order valence-electron chi connectivity index (χ3n) is 3.40. The Kier molecular flexibility index (Phi) is 3.13. The maximum absolute atomic E-state index is 14.1. The van der Waals surface area contributed by atoms with E-state index in [1.807, 2.05) is 32.0 Å². The van der Waals surface area contributed by atoms with Crippen LogP contribution in [0.15, 0.2) is 36.4 Å². The number of nitrogens with two attached hydrogens (primary N) is 1. The highest BCUT2D eigenvalue weighted by Gasteiger charge is 2.16. The van der Waals surface area contributed by atoms with Crippen molar-refractivity contribution in [2.45, 2.75) is 13.8 Å². The van der Waals surface area contributed by atoms with E-state index in [4.69, 9.17) is 5.73 Å². The second-order valence-corrected chi connectivity index (χ2v) is 4.89. The predicted molar refractivity (Wildman–Crippen MR) is 78.4 cm³/mol. The minimum Gasteiger partial charge on any atom is -0.399 e. The SMILES string of the molecule is Cc1cc(-c2nnnn2-c2c(C)cccc2F)ccc1N. The van der Waals surface area contributed by atoms with Crippen LogP contribution in [0, 0.1) is 19.7 Å². The van der Waals surface area contributed by atoms with Gasteiger partial charge in [0.2, 0.25) is 0 Å². The van der Waals surface area contributed by atoms with Gasteiger partial charge in [-0.15, -0.1) is 5.10 Å². The molecule has 0 aliphatic heterocycles. The number of nitrogen functional groups attached to an aromatic ring is 1. The van der Waals surface area contributed by atoms with Crippen LogP contribution < -0.4 is 5.73 Å². The molecule has 21 heavy (non-hydrogen) atoms. The third kappa shape index (κ3) is 2.24. The number of aryl methyl sites for hydroxylation is 2. The lowest BCUT2D eigenvalue weighted by atomic mass is 10.1. The molecule has 0 bridgehead atoms. The van der Waals surface area contributed by atoms with Crippen LogP contribution in [0.5, 0.6) is 0 Å². The van der Waals surface area contributed by atoms with Gasteiger partial charge in [-0.05, 0) is 59.7 Å². The first kappa shape index (κ1) is 13.2. The fourth-order valence-electron chi connectivity index (χ4n) is 2.22. The molecule has 0 aliphatic carbocycles. The lowest BCUT2D eigenvalue weighted by Crippen LogP contribution is -2.05. The van der Waals surface area contributed by atoms with Gasteiger partial charge in [0, 0.05) is 11.3 Å². The molecule has 3 rings (SSSR count). The van der Waals surface area contributed by atoms with Crippen molar-refractivity contribution >= 4 is 5.69 Å². The molecular weight excluding hydrogens is 269 g/mol. The number of benzene rings is 2. The molecule has 0 aliphatic rings. The van der Waals surface area contributed by atoms with E-state index in [2.05, 4.69) is 15.5 Å². The largest absolute Gasteiger partial charge is 0.399 e. The Morgan fingerprint density at radius 3 is 2.62 bits per heavy atom. The zero-order valence-corrected chi connectivity index (χ0v) is 11.7. The van der Waals surface area contributed by atoms with Crippen molar-refractivity contribution in [2.24, 2.45) is 0 Å². The number of hydrogen-bond acceptors (Lipinski definition) is 4. The Hall–Kier alpha value is -2.76. The van der Waals surface area contributed by atoms with E-state index in [0.29, 0.717) is 17.2 Å². The average molecular weight is 283 g/mol. The summed E-state index contributed by atoms with van der Waals surface area (Å²) in [5.74, 6) is 0.113. The number of hydrogen-bond donors (Lipinski definition) is 1. The van der Waals surface area contributed by atoms with Crippen LogP contribution >= 0.6 is 0 Å². The number of aromatic nitrogens is 4. The molecular formula is C15H14FN5. The van der Waals surface area contributed by atoms with Gasteiger partial charge in [0.1, 0.15) is 11.5 Å². The summed E-state index contributed by atoms with van der Waals surface area (Å²) in [5.41, 5.74) is 9.34. The molecule has 6 heteroatoms. The summed E-state index contributed by atoms with van der Waals surface area (Å²) in [5, 5.41) is 11.6. The first-order chi connectivity index (χ1) is 10.1. The number of rotatable bonds is 2. The Morgan fingerprint density at radius 2 is 1.90 bits per heavy atom. The lowest BCUT2D eigenvalue weighted by molar-refractivity contribution is 0.606. The molecule has 2 aromatic carbocycles. The third-order valence-corrected chi connectivity index (χ3v) is 3.40. The molecule has 106 valence electrons. The van der Waals surface area contributed by atoms with Crippen molar-refractivity contribution in [3.63, 3.8) is 0 Å². The number of anilines is 1. The van der Waals surface area contributed by atoms with Gasteiger partial charge in [0.25, 0.3) is 0 Å². The molecule has 0 atom stereocenters. The van der Waals surface area contributed by atoms with Crippen molar-refractivity contribution in [2.75, 3.05) is 5.73 Å². The summed E-state index contributed by atoms with van der Waals surface area (Å²) in [7, 11) is 0. The standard InChI is InChI=1S/C15H14FN5/c1-9-4-3-5-12(16)14(9)21-15(18-19-20-21)11-6-7-13(17)10(2)8-11/h3-8H,17H2,1-2H3. The van der Waals surface area contributed by atoms with Gasteiger partial charge < -0.3 is 5.73 Å². The minimum absolute atomic E-state index is 0.354. The Bertz CT molecular complexity index is 789. The highest BCUT2D eigenvalue weighted by Crippen LogP contribution is 2.25. The molecule has 1 heterocycles. The summed E-state index contributed by atoms with van der Waals surface area (Å²) in [6.07, 6.45) is 0. The van der Waals surface area contributed by atoms with Gasteiger partial charge in [-0.2, -0.15) is 4.68 Å². The fourth-order valence-corrected chi connectivity index (χ4v) is 2.22. The van der Waals surface area contributed by atoms with Crippen LogP contribution in [0.2, 0.25) is 0 Å². The molecule has 1 aromatic heterocycles. The summed E-state index contributed by atoms with van der Waals surface area (Å²) in [6.45, 7) is 3.72. The summed E-state index contributed by atoms with van der Waals surface area (Å²) in [4.78, 5) is 0. The smallest absolute Gasteiger partial charge is 0.187 e. The van der Waals surface area contributed by atoms with E-state index < -0.39 is 0 Å². The number of para-hydroxylation sites is 1. The summed E-state index contributed by atoms with van der Waals surface area (Å²) < 4.78 is 15.5. The number of nitrogens with zero attached hydrogens (tertiary/aromatic N) is 4. The molecule has 0 radical (unpaired) electrons. The van der Waals surface area contributed by atoms with Gasteiger partial charge in [-0.25, -0.2) is 4.39 Å². The van der Waals surface area contributed by atoms with E-state index in [1.165, 1.54) is 10.7 Å². The van der Waals surface area contributed by atoms with Gasteiger partial charge >= 0.3 is 0 Å². The van der Waals surface area contributed by atoms with Crippen LogP contribution in [0.25, 0.3) is 17.1 Å². The summed E-state index contributed by atoms with van der Waals surface area (Å²) >= 11 is 0. The highest BCUT2D eigenvalue weighted by molar-refractivity contribution is 5.63. The molecule has 0 saturated carbocycles. The molecule has 5 nitrogen and oxygen atoms in total. The van der Waals surface area contributed by atoms with Crippen molar-refractivity contribution in [1.29, 1.82) is 0 Å². The van der Waals surface area contributed by atoms with Gasteiger partial charge in [-0.3, -0.25) is 0 Å². The lowest BCUT2D eigenvalue weighted by Gasteiger charge is -2.09. The zero-order chi connectivity index (χ0) is 15.0. The average Bonchev–Trinajstić information content (AvgIpc) is 2.91. The van der Waals surface area contributed by atoms with Crippen molar-refractivity contribution in [3.05, 3.63) is 53.3 Å². The van der Waals surface area contributed by atoms with Crippen molar-refractivity contribution < 1.29 is 4.39 Å². The molecule has 0 fully saturated rings. The highest BCUT2D eigenvalue weighted by atomic mass is 19.1. The van der Waals surface area contributed by atoms with Crippen molar-refractivity contribution in [3.8, 4) is 17.1 Å². The molecule has 2 N–H and O–H groups in total. The first-order valence-corrected chi connectivity index (χ1v) is 6.48. The topological polar surface area (TPSA) is 69.6 Å². The van der Waals surface area contributed by atoms with Gasteiger partial charge in [0.15, 0.2) is 5.82 Å². The van der Waals surface area contributed by atoms with E-state index in [9.17, 15) is 4.39 Å². The fraction of sp³-hybridized carbons (Fsp3) is 0.133. The van der Waals surface area contributed by atoms with Gasteiger partial charge in [0.05, 0.1) is 0 Å². The van der Waals surface area contributed by atoms with E-state index in [1.54, 1.807) is 12.1 Å². The zero-order valence-electron chi connectivity index (χ0n) is 11.7. The van der Waals surface area contributed by atoms with Crippen LogP contribution in [-0.2, 0) is 0 Å². The molecule has 0 unspecified atom stereocenters. The van der Waals surface area contributed by atoms with Crippen LogP contribution in [0.1, 0.15) is 11.1 Å². The first-order valence-electron chi connectivity index (χ1n) is 6.48. The Labute approximate surface area is 121 Å². The number of tetrazole rings is 1. The van der Waals surface area contributed by atoms with Gasteiger partial charge in [-0.1, -0.05) is 12.1 Å². The Morgan fingerprint density at radius 1 is 1.10 bits per heavy atom. The van der Waals surface area contributed by atoms with Crippen LogP contribution in [0.3, 0.4) is 0 Å². The van der Waals surface area contributed by atoms with E-state index >= 15 is 0 Å². The Balaban J connectivity index is 2.20. The minimum atomic E-state index is -0.365. The van der Waals surface area contributed by atoms with E-state index in [-0.39, 0.29) is 5.82 Å². The molecule has 0 spiro atoms. The molecule has 0 saturated heterocycles. The number of halogens is 1.